The second-order valence-corrected chi connectivity index (χ2v) is 7.60. The van der Waals surface area contributed by atoms with Crippen LogP contribution < -0.4 is 15.5 Å². The Kier molecular flexibility index (Phi) is 9.46. The van der Waals surface area contributed by atoms with E-state index in [0.717, 1.165) is 44.8 Å². The molecule has 3 rings (SSSR count). The zero-order valence-electron chi connectivity index (χ0n) is 16.4. The zero-order valence-corrected chi connectivity index (χ0v) is 19.6. The molecule has 0 atom stereocenters. The van der Waals surface area contributed by atoms with Crippen molar-refractivity contribution in [2.45, 2.75) is 20.0 Å². The molecule has 2 aromatic rings. The Morgan fingerprint density at radius 3 is 2.50 bits per heavy atom. The number of guanidine groups is 1. The Balaban J connectivity index is 0.00000280. The molecular formula is C20H29FIN5S. The molecule has 0 spiro atoms. The molecule has 1 fully saturated rings. The van der Waals surface area contributed by atoms with E-state index in [-0.39, 0.29) is 29.8 Å². The summed E-state index contributed by atoms with van der Waals surface area (Å²) < 4.78 is 14.6. The Labute approximate surface area is 188 Å². The molecule has 1 aromatic heterocycles. The highest BCUT2D eigenvalue weighted by Crippen LogP contribution is 2.22. The minimum Gasteiger partial charge on any atom is -0.367 e. The molecule has 1 aromatic carbocycles. The first-order valence-electron chi connectivity index (χ1n) is 9.42. The summed E-state index contributed by atoms with van der Waals surface area (Å²) in [6.07, 6.45) is 0. The van der Waals surface area contributed by atoms with Crippen LogP contribution in [0.3, 0.4) is 0 Å². The molecule has 5 nitrogen and oxygen atoms in total. The molecule has 0 unspecified atom stereocenters. The van der Waals surface area contributed by atoms with Crippen molar-refractivity contribution in [2.75, 3.05) is 44.7 Å². The van der Waals surface area contributed by atoms with Gasteiger partial charge in [-0.1, -0.05) is 19.1 Å². The van der Waals surface area contributed by atoms with Gasteiger partial charge in [0.15, 0.2) is 5.96 Å². The van der Waals surface area contributed by atoms with Crippen LogP contribution in [0.5, 0.6) is 0 Å². The molecule has 1 saturated heterocycles. The van der Waals surface area contributed by atoms with E-state index in [1.165, 1.54) is 4.88 Å². The quantitative estimate of drug-likeness (QED) is 0.350. The van der Waals surface area contributed by atoms with E-state index < -0.39 is 0 Å². The summed E-state index contributed by atoms with van der Waals surface area (Å²) in [5.41, 5.74) is 1.61. The molecule has 2 N–H and O–H groups in total. The molecule has 1 aliphatic rings. The van der Waals surface area contributed by atoms with Gasteiger partial charge in [-0.15, -0.1) is 35.3 Å². The van der Waals surface area contributed by atoms with Crippen LogP contribution in [-0.2, 0) is 13.1 Å². The van der Waals surface area contributed by atoms with Crippen LogP contribution in [-0.4, -0.2) is 50.6 Å². The number of thiophene rings is 1. The summed E-state index contributed by atoms with van der Waals surface area (Å²) in [6, 6.07) is 9.63. The maximum atomic E-state index is 14.6. The summed E-state index contributed by atoms with van der Waals surface area (Å²) in [6.45, 7) is 8.23. The lowest BCUT2D eigenvalue weighted by Crippen LogP contribution is -2.46. The number of anilines is 1. The molecule has 154 valence electrons. The molecular weight excluding hydrogens is 488 g/mol. The van der Waals surface area contributed by atoms with Gasteiger partial charge in [0.05, 0.1) is 12.2 Å². The summed E-state index contributed by atoms with van der Waals surface area (Å²) in [5, 5.41) is 8.57. The van der Waals surface area contributed by atoms with Gasteiger partial charge in [-0.2, -0.15) is 0 Å². The van der Waals surface area contributed by atoms with Gasteiger partial charge in [0.2, 0.25) is 0 Å². The largest absolute Gasteiger partial charge is 0.367 e. The normalized spacial score (nSPS) is 15.2. The van der Waals surface area contributed by atoms with Gasteiger partial charge in [0.25, 0.3) is 0 Å². The maximum Gasteiger partial charge on any atom is 0.191 e. The number of hydrogen-bond acceptors (Lipinski definition) is 4. The first kappa shape index (κ1) is 22.9. The lowest BCUT2D eigenvalue weighted by Gasteiger charge is -2.35. The van der Waals surface area contributed by atoms with Crippen LogP contribution in [0.2, 0.25) is 0 Å². The number of aliphatic imine (C=N–C) groups is 1. The van der Waals surface area contributed by atoms with Crippen molar-refractivity contribution in [1.29, 1.82) is 0 Å². The Morgan fingerprint density at radius 2 is 1.89 bits per heavy atom. The molecule has 0 amide bonds. The highest BCUT2D eigenvalue weighted by Gasteiger charge is 2.18. The minimum absolute atomic E-state index is 0. The Morgan fingerprint density at radius 1 is 1.14 bits per heavy atom. The maximum absolute atomic E-state index is 14.6. The predicted octanol–water partition coefficient (Wildman–Crippen LogP) is 3.51. The van der Waals surface area contributed by atoms with E-state index in [1.807, 2.05) is 18.2 Å². The lowest BCUT2D eigenvalue weighted by atomic mass is 10.1. The number of benzene rings is 1. The molecule has 28 heavy (non-hydrogen) atoms. The first-order valence-corrected chi connectivity index (χ1v) is 10.3. The lowest BCUT2D eigenvalue weighted by molar-refractivity contribution is 0.270. The molecule has 0 bridgehead atoms. The fourth-order valence-electron chi connectivity index (χ4n) is 3.21. The summed E-state index contributed by atoms with van der Waals surface area (Å²) >= 11 is 1.71. The van der Waals surface area contributed by atoms with E-state index in [1.54, 1.807) is 24.5 Å². The molecule has 2 heterocycles. The predicted molar refractivity (Wildman–Crippen MR) is 127 cm³/mol. The third-order valence-corrected chi connectivity index (χ3v) is 5.74. The van der Waals surface area contributed by atoms with Gasteiger partial charge in [0, 0.05) is 44.6 Å². The third-order valence-electron chi connectivity index (χ3n) is 4.87. The fourth-order valence-corrected chi connectivity index (χ4v) is 3.86. The number of hydrogen-bond donors (Lipinski definition) is 2. The van der Waals surface area contributed by atoms with E-state index >= 15 is 0 Å². The van der Waals surface area contributed by atoms with Gasteiger partial charge < -0.3 is 20.4 Å². The highest BCUT2D eigenvalue weighted by atomic mass is 127. The second kappa shape index (κ2) is 11.6. The van der Waals surface area contributed by atoms with E-state index in [9.17, 15) is 4.39 Å². The van der Waals surface area contributed by atoms with Crippen LogP contribution in [0.1, 0.15) is 17.4 Å². The monoisotopic (exact) mass is 517 g/mol. The Hall–Kier alpha value is -1.39. The van der Waals surface area contributed by atoms with Crippen molar-refractivity contribution in [3.8, 4) is 0 Å². The number of likely N-dealkylation sites (N-methyl/N-ethyl adjacent to an activating group) is 1. The minimum atomic E-state index is -0.152. The van der Waals surface area contributed by atoms with Crippen molar-refractivity contribution in [3.05, 3.63) is 52.0 Å². The fraction of sp³-hybridized carbons (Fsp3) is 0.450. The average Bonchev–Trinajstić information content (AvgIpc) is 3.22. The van der Waals surface area contributed by atoms with Gasteiger partial charge >= 0.3 is 0 Å². The molecule has 8 heteroatoms. The van der Waals surface area contributed by atoms with Gasteiger partial charge in [-0.05, 0) is 35.7 Å². The van der Waals surface area contributed by atoms with Crippen LogP contribution in [0.25, 0.3) is 0 Å². The van der Waals surface area contributed by atoms with Crippen LogP contribution >= 0.6 is 35.3 Å². The first-order chi connectivity index (χ1) is 13.2. The van der Waals surface area contributed by atoms with Crippen molar-refractivity contribution in [2.24, 2.45) is 4.99 Å². The van der Waals surface area contributed by atoms with Gasteiger partial charge in [-0.25, -0.2) is 4.39 Å². The second-order valence-electron chi connectivity index (χ2n) is 6.57. The van der Waals surface area contributed by atoms with Gasteiger partial charge in [-0.3, -0.25) is 4.99 Å². The van der Waals surface area contributed by atoms with Crippen molar-refractivity contribution < 1.29 is 4.39 Å². The molecule has 0 saturated carbocycles. The van der Waals surface area contributed by atoms with Crippen LogP contribution in [0.4, 0.5) is 10.1 Å². The van der Waals surface area contributed by atoms with Crippen molar-refractivity contribution in [3.63, 3.8) is 0 Å². The smallest absolute Gasteiger partial charge is 0.191 e. The third kappa shape index (κ3) is 6.31. The summed E-state index contributed by atoms with van der Waals surface area (Å²) in [4.78, 5) is 10.00. The zero-order chi connectivity index (χ0) is 19.1. The van der Waals surface area contributed by atoms with Gasteiger partial charge in [0.1, 0.15) is 5.82 Å². The van der Waals surface area contributed by atoms with E-state index in [0.29, 0.717) is 18.2 Å². The van der Waals surface area contributed by atoms with E-state index in [4.69, 9.17) is 0 Å². The number of nitrogens with zero attached hydrogens (tertiary/aromatic N) is 3. The highest BCUT2D eigenvalue weighted by molar-refractivity contribution is 14.0. The number of nitrogens with one attached hydrogen (secondary N) is 2. The number of rotatable bonds is 6. The van der Waals surface area contributed by atoms with E-state index in [2.05, 4.69) is 43.8 Å². The van der Waals surface area contributed by atoms with Crippen molar-refractivity contribution >= 4 is 47.0 Å². The topological polar surface area (TPSA) is 42.9 Å². The Bertz CT molecular complexity index is 745. The summed E-state index contributed by atoms with van der Waals surface area (Å²) in [7, 11) is 1.74. The van der Waals surface area contributed by atoms with Crippen LogP contribution in [0.15, 0.2) is 40.7 Å². The molecule has 0 radical (unpaired) electrons. The summed E-state index contributed by atoms with van der Waals surface area (Å²) in [5.74, 6) is 0.560. The number of halogens is 2. The molecule has 0 aliphatic carbocycles. The molecule has 1 aliphatic heterocycles. The number of piperazine rings is 1. The standard InChI is InChI=1S/C20H28FN5S.HI/c1-3-25-8-10-26(11-9-25)19-7-6-16(13-18(19)21)14-23-20(22-2)24-15-17-5-4-12-27-17;/h4-7,12-13H,3,8-11,14-15H2,1-2H3,(H2,22,23,24);1H. The van der Waals surface area contributed by atoms with Crippen LogP contribution in [0, 0.1) is 5.82 Å². The van der Waals surface area contributed by atoms with Crippen molar-refractivity contribution in [1.82, 2.24) is 15.5 Å². The average molecular weight is 517 g/mol. The SMILES string of the molecule is CCN1CCN(c2ccc(CNC(=NC)NCc3cccs3)cc2F)CC1.I.